The Labute approximate surface area is 149 Å². The third-order valence-electron chi connectivity index (χ3n) is 4.57. The van der Waals surface area contributed by atoms with Gasteiger partial charge < -0.3 is 9.88 Å². The molecule has 122 valence electrons. The van der Waals surface area contributed by atoms with E-state index in [2.05, 4.69) is 20.9 Å². The summed E-state index contributed by atoms with van der Waals surface area (Å²) in [5, 5.41) is 0. The number of carbonyl (C=O) groups is 1. The lowest BCUT2D eigenvalue weighted by Crippen LogP contribution is -2.32. The zero-order chi connectivity index (χ0) is 16.5. The number of amides is 1. The summed E-state index contributed by atoms with van der Waals surface area (Å²) in [7, 11) is 0. The predicted octanol–water partition coefficient (Wildman–Crippen LogP) is 4.23. The molecule has 0 spiro atoms. The van der Waals surface area contributed by atoms with E-state index in [9.17, 15) is 4.79 Å². The maximum absolute atomic E-state index is 12.8. The summed E-state index contributed by atoms with van der Waals surface area (Å²) in [6.45, 7) is 0.803. The second-order valence-electron chi connectivity index (χ2n) is 6.19. The van der Waals surface area contributed by atoms with Gasteiger partial charge in [-0.15, -0.1) is 0 Å². The molecule has 1 atom stereocenters. The molecule has 1 aliphatic heterocycles. The molecule has 0 bridgehead atoms. The fourth-order valence-electron chi connectivity index (χ4n) is 3.36. The van der Waals surface area contributed by atoms with E-state index in [1.165, 1.54) is 0 Å². The van der Waals surface area contributed by atoms with Gasteiger partial charge in [0.25, 0.3) is 0 Å². The Balaban J connectivity index is 1.55. The van der Waals surface area contributed by atoms with Gasteiger partial charge in [0.1, 0.15) is 5.82 Å². The minimum Gasteiger partial charge on any atom is -0.340 e. The number of imidazole rings is 1. The Kier molecular flexibility index (Phi) is 4.10. The number of aromatic amines is 1. The van der Waals surface area contributed by atoms with Crippen LogP contribution in [0.5, 0.6) is 0 Å². The molecule has 4 rings (SSSR count). The highest BCUT2D eigenvalue weighted by Crippen LogP contribution is 2.32. The lowest BCUT2D eigenvalue weighted by Gasteiger charge is -2.23. The van der Waals surface area contributed by atoms with Crippen LogP contribution in [0.15, 0.2) is 53.0 Å². The van der Waals surface area contributed by atoms with Crippen molar-refractivity contribution in [1.29, 1.82) is 0 Å². The van der Waals surface area contributed by atoms with Gasteiger partial charge in [-0.3, -0.25) is 4.79 Å². The topological polar surface area (TPSA) is 49.0 Å². The molecule has 2 heterocycles. The molecule has 2 aromatic carbocycles. The molecule has 24 heavy (non-hydrogen) atoms. The quantitative estimate of drug-likeness (QED) is 0.735. The van der Waals surface area contributed by atoms with Crippen molar-refractivity contribution in [3.63, 3.8) is 0 Å². The molecule has 4 nitrogen and oxygen atoms in total. The normalized spacial score (nSPS) is 17.5. The van der Waals surface area contributed by atoms with Crippen LogP contribution in [0.2, 0.25) is 0 Å². The monoisotopic (exact) mass is 383 g/mol. The number of nitrogens with zero attached hydrogens (tertiary/aromatic N) is 2. The largest absolute Gasteiger partial charge is 0.340 e. The first kappa shape index (κ1) is 15.4. The van der Waals surface area contributed by atoms with Crippen molar-refractivity contribution >= 4 is 32.9 Å². The smallest absolute Gasteiger partial charge is 0.227 e. The number of carbonyl (C=O) groups excluding carboxylic acids is 1. The van der Waals surface area contributed by atoms with Gasteiger partial charge in [0.2, 0.25) is 5.91 Å². The van der Waals surface area contributed by atoms with Crippen LogP contribution >= 0.6 is 15.9 Å². The average molecular weight is 384 g/mol. The van der Waals surface area contributed by atoms with E-state index in [0.29, 0.717) is 6.42 Å². The number of H-pyrrole nitrogens is 1. The molecule has 3 aromatic rings. The van der Waals surface area contributed by atoms with Crippen LogP contribution in [0.25, 0.3) is 11.0 Å². The highest BCUT2D eigenvalue weighted by Gasteiger charge is 2.31. The molecular weight excluding hydrogens is 366 g/mol. The Morgan fingerprint density at radius 2 is 2.00 bits per heavy atom. The first-order valence-electron chi connectivity index (χ1n) is 8.19. The Morgan fingerprint density at radius 1 is 1.21 bits per heavy atom. The second-order valence-corrected chi connectivity index (χ2v) is 7.10. The van der Waals surface area contributed by atoms with Crippen LogP contribution in [0.3, 0.4) is 0 Å². The maximum Gasteiger partial charge on any atom is 0.227 e. The van der Waals surface area contributed by atoms with Gasteiger partial charge in [0.15, 0.2) is 0 Å². The van der Waals surface area contributed by atoms with Gasteiger partial charge >= 0.3 is 0 Å². The van der Waals surface area contributed by atoms with Crippen molar-refractivity contribution in [3.05, 3.63) is 64.4 Å². The molecular formula is C19H18BrN3O. The summed E-state index contributed by atoms with van der Waals surface area (Å²) in [6.07, 6.45) is 2.42. The minimum atomic E-state index is 0.0559. The molecule has 1 fully saturated rings. The number of halogens is 1. The van der Waals surface area contributed by atoms with Crippen molar-refractivity contribution in [2.45, 2.75) is 25.3 Å². The molecule has 0 aliphatic carbocycles. The van der Waals surface area contributed by atoms with Gasteiger partial charge in [-0.1, -0.05) is 40.2 Å². The van der Waals surface area contributed by atoms with Crippen molar-refractivity contribution in [3.8, 4) is 0 Å². The van der Waals surface area contributed by atoms with E-state index >= 15 is 0 Å². The number of hydrogen-bond acceptors (Lipinski definition) is 2. The second kappa shape index (κ2) is 6.40. The number of likely N-dealkylation sites (tertiary alicyclic amines) is 1. The van der Waals surface area contributed by atoms with E-state index < -0.39 is 0 Å². The van der Waals surface area contributed by atoms with Crippen LogP contribution in [0.1, 0.15) is 30.3 Å². The highest BCUT2D eigenvalue weighted by molar-refractivity contribution is 9.10. The third-order valence-corrected chi connectivity index (χ3v) is 5.09. The minimum absolute atomic E-state index is 0.0559. The van der Waals surface area contributed by atoms with Gasteiger partial charge in [-0.05, 0) is 42.7 Å². The number of benzene rings is 2. The van der Waals surface area contributed by atoms with Crippen molar-refractivity contribution in [2.75, 3.05) is 6.54 Å². The lowest BCUT2D eigenvalue weighted by atomic mass is 10.1. The zero-order valence-corrected chi connectivity index (χ0v) is 14.8. The van der Waals surface area contributed by atoms with Crippen LogP contribution in [0.4, 0.5) is 0 Å². The molecule has 1 N–H and O–H groups in total. The van der Waals surface area contributed by atoms with Crippen LogP contribution < -0.4 is 0 Å². The average Bonchev–Trinajstić information content (AvgIpc) is 3.23. The highest BCUT2D eigenvalue weighted by atomic mass is 79.9. The molecule has 0 saturated carbocycles. The number of fused-ring (bicyclic) bond motifs is 1. The summed E-state index contributed by atoms with van der Waals surface area (Å²) in [5.41, 5.74) is 3.03. The number of para-hydroxylation sites is 2. The van der Waals surface area contributed by atoms with E-state index in [0.717, 1.165) is 46.3 Å². The van der Waals surface area contributed by atoms with Crippen LogP contribution in [-0.2, 0) is 11.2 Å². The summed E-state index contributed by atoms with van der Waals surface area (Å²) in [5.74, 6) is 1.07. The third kappa shape index (κ3) is 2.96. The molecule has 1 aromatic heterocycles. The molecule has 1 unspecified atom stereocenters. The lowest BCUT2D eigenvalue weighted by molar-refractivity contribution is -0.131. The van der Waals surface area contributed by atoms with E-state index in [1.807, 2.05) is 53.4 Å². The fraction of sp³-hybridized carbons (Fsp3) is 0.263. The summed E-state index contributed by atoms with van der Waals surface area (Å²) >= 11 is 3.43. The van der Waals surface area contributed by atoms with Crippen molar-refractivity contribution < 1.29 is 4.79 Å². The van der Waals surface area contributed by atoms with Gasteiger partial charge in [-0.2, -0.15) is 0 Å². The predicted molar refractivity (Wildman–Crippen MR) is 97.6 cm³/mol. The van der Waals surface area contributed by atoms with E-state index in [-0.39, 0.29) is 11.9 Å². The maximum atomic E-state index is 12.8. The Hall–Kier alpha value is -2.14. The van der Waals surface area contributed by atoms with E-state index in [4.69, 9.17) is 4.98 Å². The van der Waals surface area contributed by atoms with Crippen molar-refractivity contribution in [1.82, 2.24) is 14.9 Å². The summed E-state index contributed by atoms with van der Waals surface area (Å²) in [4.78, 5) is 22.8. The van der Waals surface area contributed by atoms with Gasteiger partial charge in [0, 0.05) is 11.0 Å². The Bertz CT molecular complexity index is 839. The molecule has 1 saturated heterocycles. The number of rotatable bonds is 3. The Morgan fingerprint density at radius 3 is 2.79 bits per heavy atom. The first-order chi connectivity index (χ1) is 11.7. The molecule has 1 amide bonds. The van der Waals surface area contributed by atoms with Gasteiger partial charge in [-0.25, -0.2) is 4.98 Å². The van der Waals surface area contributed by atoms with Gasteiger partial charge in [0.05, 0.1) is 23.5 Å². The first-order valence-corrected chi connectivity index (χ1v) is 8.98. The number of nitrogens with one attached hydrogen (secondary N) is 1. The zero-order valence-electron chi connectivity index (χ0n) is 13.2. The standard InChI is InChI=1S/C19H18BrN3O/c20-14-9-7-13(8-10-14)12-18(24)23-11-3-6-17(23)19-21-15-4-1-2-5-16(15)22-19/h1-2,4-5,7-10,17H,3,6,11-12H2,(H,21,22). The summed E-state index contributed by atoms with van der Waals surface area (Å²) < 4.78 is 1.03. The van der Waals surface area contributed by atoms with Crippen molar-refractivity contribution in [2.24, 2.45) is 0 Å². The molecule has 5 heteroatoms. The number of aromatic nitrogens is 2. The van der Waals surface area contributed by atoms with Crippen LogP contribution in [0, 0.1) is 0 Å². The molecule has 1 aliphatic rings. The number of hydrogen-bond donors (Lipinski definition) is 1. The molecule has 0 radical (unpaired) electrons. The summed E-state index contributed by atoms with van der Waals surface area (Å²) in [6, 6.07) is 16.0. The fourth-order valence-corrected chi connectivity index (χ4v) is 3.62. The van der Waals surface area contributed by atoms with Crippen LogP contribution in [-0.4, -0.2) is 27.3 Å². The van der Waals surface area contributed by atoms with E-state index in [1.54, 1.807) is 0 Å². The SMILES string of the molecule is O=C(Cc1ccc(Br)cc1)N1CCCC1c1nc2ccccc2[nH]1.